The normalized spacial score (nSPS) is 19.1. The van der Waals surface area contributed by atoms with Gasteiger partial charge in [-0.2, -0.15) is 0 Å². The summed E-state index contributed by atoms with van der Waals surface area (Å²) in [5.41, 5.74) is 0.00638. The summed E-state index contributed by atoms with van der Waals surface area (Å²) in [7, 11) is 0. The molecule has 1 aliphatic heterocycles. The molecular formula is C21H22N2O4. The second-order valence-corrected chi connectivity index (χ2v) is 6.33. The van der Waals surface area contributed by atoms with E-state index in [0.717, 1.165) is 4.90 Å². The Morgan fingerprint density at radius 3 is 2.30 bits per heavy atom. The quantitative estimate of drug-likeness (QED) is 0.603. The highest BCUT2D eigenvalue weighted by Crippen LogP contribution is 2.32. The summed E-state index contributed by atoms with van der Waals surface area (Å²) in [6.07, 6.45) is 0.398. The van der Waals surface area contributed by atoms with E-state index in [2.05, 4.69) is 5.32 Å². The monoisotopic (exact) mass is 366 g/mol. The average Bonchev–Trinajstić information content (AvgIpc) is 2.94. The third kappa shape index (κ3) is 3.43. The summed E-state index contributed by atoms with van der Waals surface area (Å²) in [6.45, 7) is 3.95. The first-order chi connectivity index (χ1) is 13.0. The molecule has 27 heavy (non-hydrogen) atoms. The molecule has 2 aromatic rings. The second kappa shape index (κ2) is 7.61. The predicted octanol–water partition coefficient (Wildman–Crippen LogP) is 3.13. The molecule has 0 aromatic heterocycles. The lowest BCUT2D eigenvalue weighted by Crippen LogP contribution is -2.43. The highest BCUT2D eigenvalue weighted by atomic mass is 16.5. The van der Waals surface area contributed by atoms with Crippen molar-refractivity contribution in [1.29, 1.82) is 0 Å². The van der Waals surface area contributed by atoms with Crippen molar-refractivity contribution >= 4 is 17.7 Å². The van der Waals surface area contributed by atoms with E-state index in [9.17, 15) is 14.4 Å². The van der Waals surface area contributed by atoms with Crippen LogP contribution in [0.25, 0.3) is 0 Å². The molecule has 140 valence electrons. The van der Waals surface area contributed by atoms with Gasteiger partial charge in [0.05, 0.1) is 13.2 Å². The number of urea groups is 1. The lowest BCUT2D eigenvalue weighted by atomic mass is 9.87. The minimum atomic E-state index is -1.13. The molecule has 0 aliphatic carbocycles. The molecule has 1 N–H and O–H groups in total. The largest absolute Gasteiger partial charge is 0.494 e. The van der Waals surface area contributed by atoms with Gasteiger partial charge in [-0.15, -0.1) is 0 Å². The van der Waals surface area contributed by atoms with Crippen LogP contribution in [-0.2, 0) is 10.3 Å². The Hall–Kier alpha value is -3.15. The van der Waals surface area contributed by atoms with Crippen molar-refractivity contribution in [2.24, 2.45) is 0 Å². The summed E-state index contributed by atoms with van der Waals surface area (Å²) in [5, 5.41) is 2.78. The highest BCUT2D eigenvalue weighted by molar-refractivity contribution is 6.11. The molecule has 0 bridgehead atoms. The lowest BCUT2D eigenvalue weighted by Gasteiger charge is -2.25. The summed E-state index contributed by atoms with van der Waals surface area (Å²) >= 11 is 0. The fraction of sp³-hybridized carbons (Fsp3) is 0.286. The Balaban J connectivity index is 1.80. The van der Waals surface area contributed by atoms with Crippen LogP contribution in [0.3, 0.4) is 0 Å². The molecule has 6 heteroatoms. The summed E-state index contributed by atoms with van der Waals surface area (Å²) in [5.74, 6) is -0.0416. The molecule has 1 saturated heterocycles. The fourth-order valence-corrected chi connectivity index (χ4v) is 3.27. The standard InChI is InChI=1S/C21H22N2O4/c1-3-21(16-8-6-5-7-9-16)19(25)23(20(26)22-21)14-18(24)15-10-12-17(13-11-15)27-4-2/h5-13H,3-4,14H2,1-2H3,(H,22,26). The molecule has 1 aliphatic rings. The summed E-state index contributed by atoms with van der Waals surface area (Å²) < 4.78 is 5.36. The number of benzene rings is 2. The number of ether oxygens (including phenoxy) is 1. The average molecular weight is 366 g/mol. The SMILES string of the molecule is CCOc1ccc(C(=O)CN2C(=O)NC(CC)(c3ccccc3)C2=O)cc1. The fourth-order valence-electron chi connectivity index (χ4n) is 3.27. The molecule has 0 spiro atoms. The topological polar surface area (TPSA) is 75.7 Å². The second-order valence-electron chi connectivity index (χ2n) is 6.33. The zero-order valence-electron chi connectivity index (χ0n) is 15.4. The van der Waals surface area contributed by atoms with Crippen molar-refractivity contribution in [2.75, 3.05) is 13.2 Å². The lowest BCUT2D eigenvalue weighted by molar-refractivity contribution is -0.131. The number of hydrogen-bond donors (Lipinski definition) is 1. The van der Waals surface area contributed by atoms with Crippen LogP contribution in [-0.4, -0.2) is 35.8 Å². The van der Waals surface area contributed by atoms with Crippen LogP contribution >= 0.6 is 0 Å². The number of Topliss-reactive ketones (excluding diaryl/α,β-unsaturated/α-hetero) is 1. The molecule has 0 saturated carbocycles. The predicted molar refractivity (Wildman–Crippen MR) is 101 cm³/mol. The van der Waals surface area contributed by atoms with Crippen molar-refractivity contribution in [1.82, 2.24) is 10.2 Å². The highest BCUT2D eigenvalue weighted by Gasteiger charge is 2.51. The van der Waals surface area contributed by atoms with Gasteiger partial charge in [-0.05, 0) is 43.2 Å². The van der Waals surface area contributed by atoms with E-state index in [1.165, 1.54) is 0 Å². The third-order valence-corrected chi connectivity index (χ3v) is 4.76. The maximum Gasteiger partial charge on any atom is 0.325 e. The maximum atomic E-state index is 13.0. The van der Waals surface area contributed by atoms with Crippen molar-refractivity contribution in [2.45, 2.75) is 25.8 Å². The van der Waals surface area contributed by atoms with E-state index < -0.39 is 17.5 Å². The minimum absolute atomic E-state index is 0.298. The number of nitrogens with zero attached hydrogens (tertiary/aromatic N) is 1. The smallest absolute Gasteiger partial charge is 0.325 e. The molecule has 3 rings (SSSR count). The number of ketones is 1. The third-order valence-electron chi connectivity index (χ3n) is 4.76. The van der Waals surface area contributed by atoms with Crippen LogP contribution in [0.5, 0.6) is 5.75 Å². The van der Waals surface area contributed by atoms with Gasteiger partial charge in [0.1, 0.15) is 11.3 Å². The van der Waals surface area contributed by atoms with Gasteiger partial charge in [-0.25, -0.2) is 4.79 Å². The van der Waals surface area contributed by atoms with Crippen LogP contribution in [0, 0.1) is 0 Å². The van der Waals surface area contributed by atoms with E-state index in [1.807, 2.05) is 32.0 Å². The zero-order valence-corrected chi connectivity index (χ0v) is 15.4. The van der Waals surface area contributed by atoms with Gasteiger partial charge in [0.2, 0.25) is 0 Å². The van der Waals surface area contributed by atoms with Crippen LogP contribution in [0.4, 0.5) is 4.79 Å². The van der Waals surface area contributed by atoms with Gasteiger partial charge < -0.3 is 10.1 Å². The molecule has 6 nitrogen and oxygen atoms in total. The molecule has 1 unspecified atom stereocenters. The molecule has 0 radical (unpaired) electrons. The Labute approximate surface area is 158 Å². The zero-order chi connectivity index (χ0) is 19.4. The number of nitrogens with one attached hydrogen (secondary N) is 1. The van der Waals surface area contributed by atoms with E-state index in [1.54, 1.807) is 36.4 Å². The Kier molecular flexibility index (Phi) is 5.26. The minimum Gasteiger partial charge on any atom is -0.494 e. The van der Waals surface area contributed by atoms with Crippen LogP contribution < -0.4 is 10.1 Å². The molecule has 3 amide bonds. The van der Waals surface area contributed by atoms with Crippen molar-refractivity contribution in [3.8, 4) is 5.75 Å². The number of carbonyl (C=O) groups excluding carboxylic acids is 3. The first kappa shape index (κ1) is 18.6. The number of carbonyl (C=O) groups is 3. The molecule has 2 aromatic carbocycles. The Bertz CT molecular complexity index is 848. The first-order valence-electron chi connectivity index (χ1n) is 8.97. The van der Waals surface area contributed by atoms with Gasteiger partial charge in [0.15, 0.2) is 5.78 Å². The van der Waals surface area contributed by atoms with E-state index in [0.29, 0.717) is 29.9 Å². The van der Waals surface area contributed by atoms with Gasteiger partial charge in [0, 0.05) is 5.56 Å². The van der Waals surface area contributed by atoms with Crippen LogP contribution in [0.1, 0.15) is 36.2 Å². The Morgan fingerprint density at radius 2 is 1.70 bits per heavy atom. The first-order valence-corrected chi connectivity index (χ1v) is 8.97. The maximum absolute atomic E-state index is 13.0. The molecule has 1 atom stereocenters. The van der Waals surface area contributed by atoms with Crippen molar-refractivity contribution < 1.29 is 19.1 Å². The van der Waals surface area contributed by atoms with Gasteiger partial charge in [-0.1, -0.05) is 37.3 Å². The van der Waals surface area contributed by atoms with E-state index in [-0.39, 0.29) is 12.3 Å². The van der Waals surface area contributed by atoms with Gasteiger partial charge >= 0.3 is 6.03 Å². The number of imide groups is 1. The summed E-state index contributed by atoms with van der Waals surface area (Å²) in [4.78, 5) is 39.1. The molecule has 1 fully saturated rings. The number of amides is 3. The number of hydrogen-bond acceptors (Lipinski definition) is 4. The van der Waals surface area contributed by atoms with Gasteiger partial charge in [-0.3, -0.25) is 14.5 Å². The van der Waals surface area contributed by atoms with Gasteiger partial charge in [0.25, 0.3) is 5.91 Å². The van der Waals surface area contributed by atoms with Crippen molar-refractivity contribution in [3.05, 3.63) is 65.7 Å². The van der Waals surface area contributed by atoms with Crippen LogP contribution in [0.15, 0.2) is 54.6 Å². The van der Waals surface area contributed by atoms with E-state index in [4.69, 9.17) is 4.74 Å². The molecular weight excluding hydrogens is 344 g/mol. The van der Waals surface area contributed by atoms with Crippen LogP contribution in [0.2, 0.25) is 0 Å². The van der Waals surface area contributed by atoms with Crippen molar-refractivity contribution in [3.63, 3.8) is 0 Å². The summed E-state index contributed by atoms with van der Waals surface area (Å²) in [6, 6.07) is 15.2. The van der Waals surface area contributed by atoms with E-state index >= 15 is 0 Å². The molecule has 1 heterocycles. The Morgan fingerprint density at radius 1 is 1.04 bits per heavy atom. The number of rotatable bonds is 7.